The molecule has 0 saturated carbocycles. The smallest absolute Gasteiger partial charge is 0.310 e. The van der Waals surface area contributed by atoms with E-state index in [9.17, 15) is 14.0 Å². The molecule has 114 valence electrons. The number of piperidine rings is 1. The third kappa shape index (κ3) is 3.60. The number of hydrogen-bond acceptors (Lipinski definition) is 4. The summed E-state index contributed by atoms with van der Waals surface area (Å²) in [5.74, 6) is -1.02. The van der Waals surface area contributed by atoms with Crippen molar-refractivity contribution in [3.05, 3.63) is 29.6 Å². The highest BCUT2D eigenvalue weighted by Gasteiger charge is 2.28. The van der Waals surface area contributed by atoms with Crippen molar-refractivity contribution in [1.82, 2.24) is 0 Å². The van der Waals surface area contributed by atoms with E-state index in [1.807, 2.05) is 4.90 Å². The molecular weight excluding hydrogens is 273 g/mol. The lowest BCUT2D eigenvalue weighted by molar-refractivity contribution is -0.148. The van der Waals surface area contributed by atoms with Crippen molar-refractivity contribution in [2.45, 2.75) is 26.7 Å². The van der Waals surface area contributed by atoms with Crippen LogP contribution >= 0.6 is 0 Å². The Morgan fingerprint density at radius 3 is 2.81 bits per heavy atom. The lowest BCUT2D eigenvalue weighted by atomic mass is 9.97. The maximum Gasteiger partial charge on any atom is 0.310 e. The van der Waals surface area contributed by atoms with E-state index in [1.54, 1.807) is 19.1 Å². The number of ether oxygens (including phenoxy) is 1. The monoisotopic (exact) mass is 293 g/mol. The number of ketones is 1. The fourth-order valence-electron chi connectivity index (χ4n) is 2.63. The third-order valence-electron chi connectivity index (χ3n) is 3.74. The molecule has 0 aliphatic carbocycles. The van der Waals surface area contributed by atoms with Gasteiger partial charge in [-0.25, -0.2) is 4.39 Å². The number of benzene rings is 1. The summed E-state index contributed by atoms with van der Waals surface area (Å²) in [4.78, 5) is 24.9. The van der Waals surface area contributed by atoms with Gasteiger partial charge in [0, 0.05) is 18.7 Å². The fourth-order valence-corrected chi connectivity index (χ4v) is 2.63. The van der Waals surface area contributed by atoms with E-state index in [-0.39, 0.29) is 17.7 Å². The molecule has 1 aromatic carbocycles. The molecule has 1 atom stereocenters. The summed E-state index contributed by atoms with van der Waals surface area (Å²) in [5, 5.41) is 0. The number of rotatable bonds is 4. The van der Waals surface area contributed by atoms with E-state index < -0.39 is 5.82 Å². The second-order valence-electron chi connectivity index (χ2n) is 5.26. The molecule has 1 fully saturated rings. The molecule has 1 aliphatic heterocycles. The molecule has 1 aromatic rings. The van der Waals surface area contributed by atoms with Crippen LogP contribution in [-0.2, 0) is 9.53 Å². The molecule has 0 radical (unpaired) electrons. The highest BCUT2D eigenvalue weighted by Crippen LogP contribution is 2.27. The van der Waals surface area contributed by atoms with Crippen molar-refractivity contribution in [2.75, 3.05) is 24.6 Å². The summed E-state index contributed by atoms with van der Waals surface area (Å²) < 4.78 is 19.2. The number of anilines is 1. The van der Waals surface area contributed by atoms with Gasteiger partial charge in [0.1, 0.15) is 5.82 Å². The molecule has 0 spiro atoms. The molecule has 0 bridgehead atoms. The maximum atomic E-state index is 14.2. The molecule has 2 rings (SSSR count). The maximum absolute atomic E-state index is 14.2. The number of nitrogens with zero attached hydrogens (tertiary/aromatic N) is 1. The van der Waals surface area contributed by atoms with E-state index in [4.69, 9.17) is 4.74 Å². The Morgan fingerprint density at radius 1 is 1.43 bits per heavy atom. The first-order valence-electron chi connectivity index (χ1n) is 7.25. The standard InChI is InChI=1S/C16H20FNO3/c1-3-21-16(20)13-5-4-8-18(10-13)15-7-6-12(11(2)19)9-14(15)17/h6-7,9,13H,3-5,8,10H2,1-2H3. The van der Waals surface area contributed by atoms with E-state index in [0.29, 0.717) is 30.9 Å². The van der Waals surface area contributed by atoms with E-state index in [2.05, 4.69) is 0 Å². The zero-order valence-corrected chi connectivity index (χ0v) is 12.4. The van der Waals surface area contributed by atoms with Gasteiger partial charge in [0.2, 0.25) is 0 Å². The number of hydrogen-bond donors (Lipinski definition) is 0. The fraction of sp³-hybridized carbons (Fsp3) is 0.500. The van der Waals surface area contributed by atoms with Crippen LogP contribution < -0.4 is 4.90 Å². The molecule has 5 heteroatoms. The number of Topliss-reactive ketones (excluding diaryl/α,β-unsaturated/α-hetero) is 1. The normalized spacial score (nSPS) is 18.4. The van der Waals surface area contributed by atoms with Crippen LogP contribution in [0.1, 0.15) is 37.0 Å². The Morgan fingerprint density at radius 2 is 2.19 bits per heavy atom. The van der Waals surface area contributed by atoms with E-state index >= 15 is 0 Å². The van der Waals surface area contributed by atoms with Crippen molar-refractivity contribution in [2.24, 2.45) is 5.92 Å². The first-order valence-corrected chi connectivity index (χ1v) is 7.25. The lowest BCUT2D eigenvalue weighted by Gasteiger charge is -2.33. The zero-order valence-electron chi connectivity index (χ0n) is 12.4. The number of carbonyl (C=O) groups is 2. The predicted octanol–water partition coefficient (Wildman–Crippen LogP) is 2.81. The van der Waals surface area contributed by atoms with Gasteiger partial charge >= 0.3 is 5.97 Å². The van der Waals surface area contributed by atoms with Gasteiger partial charge in [0.15, 0.2) is 5.78 Å². The molecule has 1 aliphatic rings. The SMILES string of the molecule is CCOC(=O)C1CCCN(c2ccc(C(C)=O)cc2F)C1. The summed E-state index contributed by atoms with van der Waals surface area (Å²) in [6.45, 7) is 4.70. The van der Waals surface area contributed by atoms with E-state index in [1.165, 1.54) is 13.0 Å². The highest BCUT2D eigenvalue weighted by molar-refractivity contribution is 5.94. The summed E-state index contributed by atoms with van der Waals surface area (Å²) in [5.41, 5.74) is 0.796. The van der Waals surface area contributed by atoms with Crippen molar-refractivity contribution < 1.29 is 18.7 Å². The molecule has 1 unspecified atom stereocenters. The topological polar surface area (TPSA) is 46.6 Å². The number of carbonyl (C=O) groups excluding carboxylic acids is 2. The Labute approximate surface area is 123 Å². The Balaban J connectivity index is 2.14. The Hall–Kier alpha value is -1.91. The van der Waals surface area contributed by atoms with Crippen molar-refractivity contribution in [1.29, 1.82) is 0 Å². The van der Waals surface area contributed by atoms with Gasteiger partial charge in [0.05, 0.1) is 18.2 Å². The Bertz CT molecular complexity index is 544. The second-order valence-corrected chi connectivity index (χ2v) is 5.26. The molecular formula is C16H20FNO3. The number of halogens is 1. The summed E-state index contributed by atoms with van der Waals surface area (Å²) in [6.07, 6.45) is 1.58. The van der Waals surface area contributed by atoms with Gasteiger partial charge in [-0.15, -0.1) is 0 Å². The molecule has 21 heavy (non-hydrogen) atoms. The minimum absolute atomic E-state index is 0.163. The van der Waals surface area contributed by atoms with Crippen molar-refractivity contribution in [3.8, 4) is 0 Å². The van der Waals surface area contributed by atoms with Gasteiger partial charge in [-0.1, -0.05) is 0 Å². The molecule has 0 N–H and O–H groups in total. The lowest BCUT2D eigenvalue weighted by Crippen LogP contribution is -2.39. The van der Waals surface area contributed by atoms with Crippen LogP contribution in [0, 0.1) is 11.7 Å². The molecule has 1 saturated heterocycles. The third-order valence-corrected chi connectivity index (χ3v) is 3.74. The summed E-state index contributed by atoms with van der Waals surface area (Å²) in [6, 6.07) is 4.49. The largest absolute Gasteiger partial charge is 0.466 e. The van der Waals surface area contributed by atoms with Crippen LogP contribution in [-0.4, -0.2) is 31.4 Å². The average Bonchev–Trinajstić information content (AvgIpc) is 2.47. The van der Waals surface area contributed by atoms with Gasteiger partial charge in [-0.3, -0.25) is 9.59 Å². The molecule has 1 heterocycles. The average molecular weight is 293 g/mol. The van der Waals surface area contributed by atoms with Crippen LogP contribution in [0.3, 0.4) is 0 Å². The highest BCUT2D eigenvalue weighted by atomic mass is 19.1. The summed E-state index contributed by atoms with van der Waals surface area (Å²) in [7, 11) is 0. The molecule has 0 aromatic heterocycles. The van der Waals surface area contributed by atoms with Gasteiger partial charge < -0.3 is 9.64 Å². The summed E-state index contributed by atoms with van der Waals surface area (Å²) >= 11 is 0. The minimum Gasteiger partial charge on any atom is -0.466 e. The predicted molar refractivity (Wildman–Crippen MR) is 78.0 cm³/mol. The van der Waals surface area contributed by atoms with Gasteiger partial charge in [0.25, 0.3) is 0 Å². The van der Waals surface area contributed by atoms with Crippen LogP contribution in [0.4, 0.5) is 10.1 Å². The minimum atomic E-state index is -0.424. The van der Waals surface area contributed by atoms with Crippen molar-refractivity contribution in [3.63, 3.8) is 0 Å². The van der Waals surface area contributed by atoms with Gasteiger partial charge in [-0.2, -0.15) is 0 Å². The van der Waals surface area contributed by atoms with Crippen LogP contribution in [0.5, 0.6) is 0 Å². The van der Waals surface area contributed by atoms with Crippen LogP contribution in [0.2, 0.25) is 0 Å². The Kier molecular flexibility index (Phi) is 4.94. The number of esters is 1. The van der Waals surface area contributed by atoms with Gasteiger partial charge in [-0.05, 0) is 44.9 Å². The first-order chi connectivity index (χ1) is 10.0. The molecule has 0 amide bonds. The van der Waals surface area contributed by atoms with Crippen LogP contribution in [0.25, 0.3) is 0 Å². The first kappa shape index (κ1) is 15.5. The second kappa shape index (κ2) is 6.70. The quantitative estimate of drug-likeness (QED) is 0.632. The van der Waals surface area contributed by atoms with Crippen LogP contribution in [0.15, 0.2) is 18.2 Å². The molecule has 4 nitrogen and oxygen atoms in total. The zero-order chi connectivity index (χ0) is 15.4. The van der Waals surface area contributed by atoms with E-state index in [0.717, 1.165) is 12.8 Å². The van der Waals surface area contributed by atoms with Crippen molar-refractivity contribution >= 4 is 17.4 Å².